The first kappa shape index (κ1) is 14.6. The van der Waals surface area contributed by atoms with Crippen LogP contribution in [0.15, 0.2) is 35.4 Å². The standard InChI is InChI=1S/C14H15N5O2/c1-9-8-14(16-11(3)15-9)18-17-10(2)12-4-6-13(7-5-12)19(20)21/h4-8H,1-3H3,(H,15,16,18)/b17-10+. The Balaban J connectivity index is 2.15. The van der Waals surface area contributed by atoms with Crippen LogP contribution >= 0.6 is 0 Å². The second-order valence-corrected chi connectivity index (χ2v) is 4.55. The van der Waals surface area contributed by atoms with Crippen molar-refractivity contribution in [3.63, 3.8) is 0 Å². The number of rotatable bonds is 4. The number of hydrogen-bond acceptors (Lipinski definition) is 6. The van der Waals surface area contributed by atoms with Gasteiger partial charge in [0.2, 0.25) is 0 Å². The highest BCUT2D eigenvalue weighted by molar-refractivity contribution is 5.99. The highest BCUT2D eigenvalue weighted by atomic mass is 16.6. The highest BCUT2D eigenvalue weighted by Gasteiger charge is 2.05. The molecule has 108 valence electrons. The summed E-state index contributed by atoms with van der Waals surface area (Å²) in [5, 5.41) is 14.8. The lowest BCUT2D eigenvalue weighted by molar-refractivity contribution is -0.384. The third kappa shape index (κ3) is 3.82. The molecule has 0 saturated heterocycles. The number of benzene rings is 1. The summed E-state index contributed by atoms with van der Waals surface area (Å²) < 4.78 is 0. The summed E-state index contributed by atoms with van der Waals surface area (Å²) in [5.41, 5.74) is 5.29. The predicted molar refractivity (Wildman–Crippen MR) is 80.4 cm³/mol. The normalized spacial score (nSPS) is 11.3. The van der Waals surface area contributed by atoms with Crippen molar-refractivity contribution in [2.24, 2.45) is 5.10 Å². The lowest BCUT2D eigenvalue weighted by Gasteiger charge is -2.04. The summed E-state index contributed by atoms with van der Waals surface area (Å²) in [6.45, 7) is 5.51. The van der Waals surface area contributed by atoms with Gasteiger partial charge in [-0.15, -0.1) is 0 Å². The van der Waals surface area contributed by atoms with Gasteiger partial charge in [-0.1, -0.05) is 0 Å². The minimum Gasteiger partial charge on any atom is -0.261 e. The summed E-state index contributed by atoms with van der Waals surface area (Å²) in [7, 11) is 0. The molecule has 21 heavy (non-hydrogen) atoms. The Bertz CT molecular complexity index is 675. The van der Waals surface area contributed by atoms with E-state index in [4.69, 9.17) is 0 Å². The van der Waals surface area contributed by atoms with Crippen LogP contribution in [0.3, 0.4) is 0 Å². The Morgan fingerprint density at radius 2 is 1.90 bits per heavy atom. The predicted octanol–water partition coefficient (Wildman–Crippen LogP) is 2.84. The molecule has 1 aromatic carbocycles. The summed E-state index contributed by atoms with van der Waals surface area (Å²) in [6, 6.07) is 8.02. The summed E-state index contributed by atoms with van der Waals surface area (Å²) in [6.07, 6.45) is 0. The molecule has 0 spiro atoms. The van der Waals surface area contributed by atoms with E-state index in [0.717, 1.165) is 11.3 Å². The Labute approximate surface area is 121 Å². The third-order valence-corrected chi connectivity index (χ3v) is 2.80. The first-order valence-electron chi connectivity index (χ1n) is 6.33. The van der Waals surface area contributed by atoms with Crippen molar-refractivity contribution in [1.82, 2.24) is 9.97 Å². The molecule has 0 unspecified atom stereocenters. The van der Waals surface area contributed by atoms with E-state index in [1.54, 1.807) is 18.2 Å². The average Bonchev–Trinajstić information content (AvgIpc) is 2.44. The van der Waals surface area contributed by atoms with Gasteiger partial charge in [0.05, 0.1) is 10.6 Å². The Kier molecular flexibility index (Phi) is 4.22. The first-order valence-corrected chi connectivity index (χ1v) is 6.33. The van der Waals surface area contributed by atoms with Gasteiger partial charge in [-0.05, 0) is 38.5 Å². The minimum absolute atomic E-state index is 0.0570. The van der Waals surface area contributed by atoms with Crippen molar-refractivity contribution in [2.45, 2.75) is 20.8 Å². The van der Waals surface area contributed by atoms with Crippen molar-refractivity contribution in [2.75, 3.05) is 5.43 Å². The monoisotopic (exact) mass is 285 g/mol. The van der Waals surface area contributed by atoms with Crippen molar-refractivity contribution in [3.8, 4) is 0 Å². The maximum atomic E-state index is 10.6. The molecule has 2 rings (SSSR count). The van der Waals surface area contributed by atoms with Gasteiger partial charge in [0.1, 0.15) is 11.6 Å². The van der Waals surface area contributed by atoms with Crippen molar-refractivity contribution >= 4 is 17.2 Å². The number of non-ortho nitro benzene ring substituents is 1. The molecule has 0 fully saturated rings. The number of hydrazone groups is 1. The average molecular weight is 285 g/mol. The van der Waals surface area contributed by atoms with Crippen LogP contribution in [0.5, 0.6) is 0 Å². The molecule has 1 aromatic heterocycles. The zero-order valence-electron chi connectivity index (χ0n) is 12.0. The maximum absolute atomic E-state index is 10.6. The fourth-order valence-corrected chi connectivity index (χ4v) is 1.80. The molecule has 0 bridgehead atoms. The Morgan fingerprint density at radius 3 is 2.48 bits per heavy atom. The van der Waals surface area contributed by atoms with Gasteiger partial charge in [0.25, 0.3) is 5.69 Å². The number of nitrogens with one attached hydrogen (secondary N) is 1. The number of aromatic nitrogens is 2. The molecule has 0 aliphatic heterocycles. The first-order chi connectivity index (χ1) is 9.95. The summed E-state index contributed by atoms with van der Waals surface area (Å²) in [4.78, 5) is 18.6. The zero-order valence-corrected chi connectivity index (χ0v) is 12.0. The van der Waals surface area contributed by atoms with Crippen molar-refractivity contribution in [1.29, 1.82) is 0 Å². The zero-order chi connectivity index (χ0) is 15.4. The number of hydrogen-bond donors (Lipinski definition) is 1. The SMILES string of the molecule is C/C(=N\Nc1cc(C)nc(C)n1)c1ccc([N+](=O)[O-])cc1. The molecule has 0 aliphatic rings. The second-order valence-electron chi connectivity index (χ2n) is 4.55. The third-order valence-electron chi connectivity index (χ3n) is 2.80. The molecule has 1 heterocycles. The van der Waals surface area contributed by atoms with E-state index in [9.17, 15) is 10.1 Å². The minimum atomic E-state index is -0.430. The summed E-state index contributed by atoms with van der Waals surface area (Å²) >= 11 is 0. The Morgan fingerprint density at radius 1 is 1.24 bits per heavy atom. The largest absolute Gasteiger partial charge is 0.269 e. The summed E-state index contributed by atoms with van der Waals surface area (Å²) in [5.74, 6) is 1.28. The van der Waals surface area contributed by atoms with E-state index < -0.39 is 4.92 Å². The van der Waals surface area contributed by atoms with Gasteiger partial charge >= 0.3 is 0 Å². The topological polar surface area (TPSA) is 93.3 Å². The molecule has 2 aromatic rings. The fourth-order valence-electron chi connectivity index (χ4n) is 1.80. The number of nitro groups is 1. The van der Waals surface area contributed by atoms with Gasteiger partial charge in [-0.2, -0.15) is 5.10 Å². The Hall–Kier alpha value is -2.83. The van der Waals surface area contributed by atoms with Gasteiger partial charge in [0, 0.05) is 23.9 Å². The molecule has 7 nitrogen and oxygen atoms in total. The van der Waals surface area contributed by atoms with Gasteiger partial charge < -0.3 is 0 Å². The lowest BCUT2D eigenvalue weighted by Crippen LogP contribution is -2.03. The van der Waals surface area contributed by atoms with Crippen LogP contribution in [0.2, 0.25) is 0 Å². The van der Waals surface area contributed by atoms with Crippen molar-refractivity contribution < 1.29 is 4.92 Å². The lowest BCUT2D eigenvalue weighted by atomic mass is 10.1. The van der Waals surface area contributed by atoms with Crippen LogP contribution in [-0.4, -0.2) is 20.6 Å². The molecule has 0 radical (unpaired) electrons. The smallest absolute Gasteiger partial charge is 0.261 e. The molecule has 0 saturated carbocycles. The van der Waals surface area contributed by atoms with Gasteiger partial charge in [0.15, 0.2) is 0 Å². The fraction of sp³-hybridized carbons (Fsp3) is 0.214. The van der Waals surface area contributed by atoms with E-state index in [0.29, 0.717) is 17.4 Å². The van der Waals surface area contributed by atoms with E-state index >= 15 is 0 Å². The van der Waals surface area contributed by atoms with Crippen LogP contribution in [0.25, 0.3) is 0 Å². The molecule has 0 amide bonds. The van der Waals surface area contributed by atoms with Gasteiger partial charge in [-0.25, -0.2) is 9.97 Å². The van der Waals surface area contributed by atoms with E-state index in [1.807, 2.05) is 20.8 Å². The van der Waals surface area contributed by atoms with E-state index in [1.165, 1.54) is 12.1 Å². The number of nitro benzene ring substituents is 1. The van der Waals surface area contributed by atoms with Crippen LogP contribution in [0.4, 0.5) is 11.5 Å². The number of anilines is 1. The molecule has 1 N–H and O–H groups in total. The molecule has 0 aliphatic carbocycles. The molecular weight excluding hydrogens is 270 g/mol. The van der Waals surface area contributed by atoms with Crippen LogP contribution < -0.4 is 5.43 Å². The van der Waals surface area contributed by atoms with Crippen LogP contribution in [0.1, 0.15) is 24.0 Å². The highest BCUT2D eigenvalue weighted by Crippen LogP contribution is 2.13. The number of aryl methyl sites for hydroxylation is 2. The molecule has 0 atom stereocenters. The molecular formula is C14H15N5O2. The maximum Gasteiger partial charge on any atom is 0.269 e. The van der Waals surface area contributed by atoms with Gasteiger partial charge in [-0.3, -0.25) is 15.5 Å². The van der Waals surface area contributed by atoms with Crippen molar-refractivity contribution in [3.05, 3.63) is 57.5 Å². The number of nitrogens with zero attached hydrogens (tertiary/aromatic N) is 4. The molecule has 7 heteroatoms. The second kappa shape index (κ2) is 6.08. The van der Waals surface area contributed by atoms with E-state index in [-0.39, 0.29) is 5.69 Å². The quantitative estimate of drug-likeness (QED) is 0.529. The van der Waals surface area contributed by atoms with E-state index in [2.05, 4.69) is 20.5 Å². The van der Waals surface area contributed by atoms with Crippen LogP contribution in [0, 0.1) is 24.0 Å². The van der Waals surface area contributed by atoms with Crippen LogP contribution in [-0.2, 0) is 0 Å².